The van der Waals surface area contributed by atoms with E-state index in [4.69, 9.17) is 23.7 Å². The minimum absolute atomic E-state index is 0.0285. The standard InChI is InChI=1S/C14H22O6S/c1-7(15)21-11-9(8-6-16-13(2,3)18-8)17-12-10(11)19-14(4,5)20-12/h8-12H,6H2,1-5H3/t8-,9-,10-,11-,12-/m1/s1. The normalized spacial score (nSPS) is 44.0. The number of fused-ring (bicyclic) bond motifs is 1. The maximum Gasteiger partial charge on any atom is 0.188 e. The molecule has 3 rings (SSSR count). The van der Waals surface area contributed by atoms with Gasteiger partial charge < -0.3 is 23.7 Å². The molecule has 3 fully saturated rings. The summed E-state index contributed by atoms with van der Waals surface area (Å²) >= 11 is 1.23. The highest BCUT2D eigenvalue weighted by Crippen LogP contribution is 2.45. The lowest BCUT2D eigenvalue weighted by molar-refractivity contribution is -0.219. The highest BCUT2D eigenvalue weighted by molar-refractivity contribution is 8.14. The summed E-state index contributed by atoms with van der Waals surface area (Å²) in [6, 6.07) is 0. The molecule has 5 atom stereocenters. The van der Waals surface area contributed by atoms with Crippen LogP contribution < -0.4 is 0 Å². The first-order valence-corrected chi connectivity index (χ1v) is 8.05. The van der Waals surface area contributed by atoms with Crippen molar-refractivity contribution < 1.29 is 28.5 Å². The van der Waals surface area contributed by atoms with Crippen LogP contribution in [-0.4, -0.2) is 53.1 Å². The minimum atomic E-state index is -0.692. The molecule has 0 saturated carbocycles. The van der Waals surface area contributed by atoms with E-state index in [0.29, 0.717) is 6.61 Å². The van der Waals surface area contributed by atoms with Gasteiger partial charge in [-0.05, 0) is 27.7 Å². The number of carbonyl (C=O) groups excluding carboxylic acids is 1. The van der Waals surface area contributed by atoms with Crippen molar-refractivity contribution in [2.75, 3.05) is 6.61 Å². The van der Waals surface area contributed by atoms with E-state index < -0.39 is 17.9 Å². The average Bonchev–Trinajstić information content (AvgIpc) is 2.90. The fourth-order valence-electron chi connectivity index (χ4n) is 3.01. The Bertz CT molecular complexity index is 437. The third-order valence-corrected chi connectivity index (χ3v) is 4.87. The molecule has 0 aromatic carbocycles. The number of thioether (sulfide) groups is 1. The van der Waals surface area contributed by atoms with Gasteiger partial charge in [0.1, 0.15) is 18.3 Å². The molecule has 0 amide bonds. The lowest BCUT2D eigenvalue weighted by Crippen LogP contribution is -2.41. The summed E-state index contributed by atoms with van der Waals surface area (Å²) in [6.07, 6.45) is -1.25. The largest absolute Gasteiger partial charge is 0.348 e. The summed E-state index contributed by atoms with van der Waals surface area (Å²) in [4.78, 5) is 11.6. The molecule has 0 N–H and O–H groups in total. The molecule has 0 radical (unpaired) electrons. The molecular weight excluding hydrogens is 296 g/mol. The number of carbonyl (C=O) groups is 1. The Morgan fingerprint density at radius 1 is 1.05 bits per heavy atom. The van der Waals surface area contributed by atoms with Gasteiger partial charge in [-0.3, -0.25) is 4.79 Å². The van der Waals surface area contributed by atoms with Crippen LogP contribution in [0.5, 0.6) is 0 Å². The van der Waals surface area contributed by atoms with E-state index in [1.807, 2.05) is 27.7 Å². The van der Waals surface area contributed by atoms with Crippen molar-refractivity contribution in [2.45, 2.75) is 76.0 Å². The quantitative estimate of drug-likeness (QED) is 0.767. The van der Waals surface area contributed by atoms with Crippen LogP contribution in [0.3, 0.4) is 0 Å². The van der Waals surface area contributed by atoms with E-state index in [0.717, 1.165) is 0 Å². The molecule has 120 valence electrons. The molecule has 3 saturated heterocycles. The van der Waals surface area contributed by atoms with Crippen molar-refractivity contribution in [1.29, 1.82) is 0 Å². The van der Waals surface area contributed by atoms with Crippen LogP contribution in [0.25, 0.3) is 0 Å². The number of ether oxygens (including phenoxy) is 5. The Morgan fingerprint density at radius 3 is 2.33 bits per heavy atom. The molecule has 0 aromatic rings. The molecule has 0 aliphatic carbocycles. The van der Waals surface area contributed by atoms with E-state index in [2.05, 4.69) is 0 Å². The van der Waals surface area contributed by atoms with Crippen molar-refractivity contribution in [3.05, 3.63) is 0 Å². The number of hydrogen-bond donors (Lipinski definition) is 0. The Balaban J connectivity index is 1.77. The first kappa shape index (κ1) is 15.7. The molecule has 0 aromatic heterocycles. The number of hydrogen-bond acceptors (Lipinski definition) is 7. The SMILES string of the molecule is CC(=O)S[C@H]1[C@H]2OC(C)(C)O[C@H]2O[C@@H]1[C@H]1COC(C)(C)O1. The molecule has 3 aliphatic rings. The van der Waals surface area contributed by atoms with Gasteiger partial charge in [0, 0.05) is 6.92 Å². The molecule has 0 spiro atoms. The van der Waals surface area contributed by atoms with Crippen molar-refractivity contribution in [3.63, 3.8) is 0 Å². The maximum absolute atomic E-state index is 11.6. The Hall–Kier alpha value is -0.180. The van der Waals surface area contributed by atoms with Crippen LogP contribution in [-0.2, 0) is 28.5 Å². The third kappa shape index (κ3) is 3.13. The van der Waals surface area contributed by atoms with Gasteiger partial charge in [0.05, 0.1) is 11.9 Å². The van der Waals surface area contributed by atoms with Gasteiger partial charge in [-0.2, -0.15) is 0 Å². The zero-order valence-electron chi connectivity index (χ0n) is 13.0. The molecule has 21 heavy (non-hydrogen) atoms. The van der Waals surface area contributed by atoms with Gasteiger partial charge in [-0.15, -0.1) is 0 Å². The lowest BCUT2D eigenvalue weighted by atomic mass is 10.1. The predicted molar refractivity (Wildman–Crippen MR) is 75.7 cm³/mol. The smallest absolute Gasteiger partial charge is 0.188 e. The molecule has 3 heterocycles. The van der Waals surface area contributed by atoms with Gasteiger partial charge in [0.15, 0.2) is 23.0 Å². The predicted octanol–water partition coefficient (Wildman–Crippen LogP) is 1.66. The topological polar surface area (TPSA) is 63.2 Å². The Kier molecular flexibility index (Phi) is 3.87. The second kappa shape index (κ2) is 5.18. The Labute approximate surface area is 128 Å². The molecular formula is C14H22O6S. The molecule has 0 bridgehead atoms. The third-order valence-electron chi connectivity index (χ3n) is 3.73. The fraction of sp³-hybridized carbons (Fsp3) is 0.929. The van der Waals surface area contributed by atoms with E-state index >= 15 is 0 Å². The lowest BCUT2D eigenvalue weighted by Gasteiger charge is -2.28. The van der Waals surface area contributed by atoms with Gasteiger partial charge in [0.25, 0.3) is 0 Å². The highest BCUT2D eigenvalue weighted by atomic mass is 32.2. The van der Waals surface area contributed by atoms with Gasteiger partial charge in [-0.1, -0.05) is 11.8 Å². The second-order valence-electron chi connectivity index (χ2n) is 6.51. The zero-order chi connectivity index (χ0) is 15.4. The maximum atomic E-state index is 11.6. The Morgan fingerprint density at radius 2 is 1.76 bits per heavy atom. The summed E-state index contributed by atoms with van der Waals surface area (Å²) in [5.74, 6) is -1.32. The van der Waals surface area contributed by atoms with Crippen LogP contribution in [0.1, 0.15) is 34.6 Å². The zero-order valence-corrected chi connectivity index (χ0v) is 13.8. The van der Waals surface area contributed by atoms with Crippen LogP contribution in [0.15, 0.2) is 0 Å². The first-order chi connectivity index (χ1) is 9.67. The van der Waals surface area contributed by atoms with Crippen LogP contribution in [0.4, 0.5) is 0 Å². The van der Waals surface area contributed by atoms with Crippen molar-refractivity contribution in [3.8, 4) is 0 Å². The van der Waals surface area contributed by atoms with Gasteiger partial charge in [0.2, 0.25) is 0 Å². The van der Waals surface area contributed by atoms with Crippen molar-refractivity contribution in [2.24, 2.45) is 0 Å². The average molecular weight is 318 g/mol. The molecule has 7 heteroatoms. The summed E-state index contributed by atoms with van der Waals surface area (Å²) in [5, 5.41) is -0.127. The molecule has 3 aliphatic heterocycles. The highest BCUT2D eigenvalue weighted by Gasteiger charge is 2.58. The van der Waals surface area contributed by atoms with Gasteiger partial charge >= 0.3 is 0 Å². The summed E-state index contributed by atoms with van der Waals surface area (Å²) in [7, 11) is 0. The summed E-state index contributed by atoms with van der Waals surface area (Å²) in [6.45, 7) is 9.41. The van der Waals surface area contributed by atoms with Crippen LogP contribution in [0.2, 0.25) is 0 Å². The van der Waals surface area contributed by atoms with E-state index in [-0.39, 0.29) is 28.7 Å². The van der Waals surface area contributed by atoms with Gasteiger partial charge in [-0.25, -0.2) is 0 Å². The second-order valence-corrected chi connectivity index (χ2v) is 7.87. The molecule has 6 nitrogen and oxygen atoms in total. The molecule has 0 unspecified atom stereocenters. The number of rotatable bonds is 2. The summed E-state index contributed by atoms with van der Waals surface area (Å²) in [5.41, 5.74) is 0. The van der Waals surface area contributed by atoms with Crippen molar-refractivity contribution >= 4 is 16.9 Å². The van der Waals surface area contributed by atoms with E-state index in [1.54, 1.807) is 6.92 Å². The minimum Gasteiger partial charge on any atom is -0.348 e. The first-order valence-electron chi connectivity index (χ1n) is 7.17. The van der Waals surface area contributed by atoms with E-state index in [9.17, 15) is 4.79 Å². The van der Waals surface area contributed by atoms with Crippen molar-refractivity contribution in [1.82, 2.24) is 0 Å². The van der Waals surface area contributed by atoms with Crippen LogP contribution >= 0.6 is 11.8 Å². The van der Waals surface area contributed by atoms with Crippen LogP contribution in [0, 0.1) is 0 Å². The summed E-state index contributed by atoms with van der Waals surface area (Å²) < 4.78 is 29.1. The van der Waals surface area contributed by atoms with E-state index in [1.165, 1.54) is 11.8 Å². The fourth-order valence-corrected chi connectivity index (χ4v) is 4.08. The monoisotopic (exact) mass is 318 g/mol.